The number of nitrogens with zero attached hydrogens (tertiary/aromatic N) is 4. The smallest absolute Gasteiger partial charge is 0.407 e. The second-order valence-electron chi connectivity index (χ2n) is 23.4. The molecule has 60 heavy (non-hydrogen) atoms. The van der Waals surface area contributed by atoms with E-state index in [4.69, 9.17) is 9.47 Å². The number of fused-ring (bicyclic) bond motifs is 13. The van der Waals surface area contributed by atoms with Gasteiger partial charge in [-0.1, -0.05) is 54.2 Å². The second kappa shape index (κ2) is 16.8. The van der Waals surface area contributed by atoms with Gasteiger partial charge in [-0.25, -0.2) is 9.59 Å². The van der Waals surface area contributed by atoms with Gasteiger partial charge in [-0.2, -0.15) is 0 Å². The number of allylic oxidation sites excluding steroid dienone is 1. The van der Waals surface area contributed by atoms with Gasteiger partial charge in [0.05, 0.1) is 72.1 Å². The lowest BCUT2D eigenvalue weighted by molar-refractivity contribution is -0.939. The van der Waals surface area contributed by atoms with Crippen LogP contribution in [0.15, 0.2) is 12.2 Å². The van der Waals surface area contributed by atoms with Gasteiger partial charge < -0.3 is 29.1 Å². The van der Waals surface area contributed by atoms with Crippen LogP contribution in [-0.2, 0) is 9.47 Å². The Balaban J connectivity index is 0.00000272. The molecule has 6 saturated heterocycles. The summed E-state index contributed by atoms with van der Waals surface area (Å²) in [7, 11) is 0. The van der Waals surface area contributed by atoms with Crippen molar-refractivity contribution in [3.8, 4) is 0 Å². The Morgan fingerprint density at radius 3 is 1.82 bits per heavy atom. The van der Waals surface area contributed by atoms with Gasteiger partial charge in [0.2, 0.25) is 0 Å². The standard InChI is InChI=1S/C48H80N6O4.CH4.ClH/c1-35(2)36-10-15-48(34-57-42(55)49-18-26-53-28-20-51(21-29-53)22-30-53)17-16-46(6)37(41(36)48)8-9-39-45(5)13-12-40(44(3,4)38(45)11-14-47(39,46)7)58-43(56)50-19-27-54-31-23-52(24-32-54)25-33-54;;/h36-41H,1,8-34H2,2-7H3;1H4;1H/p+2/t36-,37?,38?,39?,40-,41?,45-,46+,47+,48+;;/m0../s1. The molecule has 0 spiro atoms. The van der Waals surface area contributed by atoms with Crippen molar-refractivity contribution in [2.75, 3.05) is 111 Å². The number of alkyl carbamates (subject to hydrolysis) is 2. The van der Waals surface area contributed by atoms with Crippen molar-refractivity contribution in [2.24, 2.45) is 56.7 Å². The van der Waals surface area contributed by atoms with Crippen LogP contribution in [-0.4, -0.2) is 148 Å². The summed E-state index contributed by atoms with van der Waals surface area (Å²) in [6.07, 6.45) is 11.3. The summed E-state index contributed by atoms with van der Waals surface area (Å²) in [5.74, 6) is 2.82. The lowest BCUT2D eigenvalue weighted by Gasteiger charge is -2.73. The number of halogens is 1. The molecule has 11 fully saturated rings. The van der Waals surface area contributed by atoms with Crippen LogP contribution in [0, 0.1) is 56.7 Å². The molecule has 0 radical (unpaired) electrons. The van der Waals surface area contributed by atoms with E-state index in [9.17, 15) is 9.59 Å². The fourth-order valence-corrected chi connectivity index (χ4v) is 17.1. The third kappa shape index (κ3) is 7.55. The number of hydrogen-bond donors (Lipinski definition) is 2. The number of ether oxygens (including phenoxy) is 2. The zero-order valence-electron chi connectivity index (χ0n) is 38.1. The summed E-state index contributed by atoms with van der Waals surface area (Å²) < 4.78 is 15.0. The van der Waals surface area contributed by atoms with E-state index in [0.29, 0.717) is 49.3 Å². The number of piperazine rings is 6. The van der Waals surface area contributed by atoms with Crippen molar-refractivity contribution >= 4 is 24.6 Å². The zero-order valence-corrected chi connectivity index (χ0v) is 38.9. The molecule has 5 aliphatic carbocycles. The molecular weight excluding hydrogens is 772 g/mol. The van der Waals surface area contributed by atoms with Crippen LogP contribution >= 0.6 is 12.4 Å². The molecule has 6 aliphatic heterocycles. The van der Waals surface area contributed by atoms with Gasteiger partial charge in [0.25, 0.3) is 0 Å². The summed E-state index contributed by atoms with van der Waals surface area (Å²) in [6.45, 7) is 38.3. The molecule has 0 aromatic heterocycles. The van der Waals surface area contributed by atoms with Crippen LogP contribution in [0.25, 0.3) is 0 Å². The van der Waals surface area contributed by atoms with E-state index in [1.807, 2.05) is 0 Å². The molecule has 10 atom stereocenters. The summed E-state index contributed by atoms with van der Waals surface area (Å²) in [5.41, 5.74) is 2.01. The molecule has 11 aliphatic rings. The van der Waals surface area contributed by atoms with Gasteiger partial charge in [-0.15, -0.1) is 12.4 Å². The molecule has 0 aromatic rings. The van der Waals surface area contributed by atoms with Gasteiger partial charge >= 0.3 is 12.2 Å². The SMILES string of the molecule is C.C=C(C)[C@@H]1CC[C@]2(COC(=O)NCC[N+]34CCN(CC3)CC4)CC[C@]3(C)C(CCC4[C@@]5(C)CC[C@H](OC(=O)NCC[N+]67CCN(CC6)CC7)C(C)(C)C5CC[C@]43C)C12.Cl. The number of amides is 2. The van der Waals surface area contributed by atoms with Crippen molar-refractivity contribution in [3.63, 3.8) is 0 Å². The summed E-state index contributed by atoms with van der Waals surface area (Å²) >= 11 is 0. The fourth-order valence-electron chi connectivity index (χ4n) is 17.1. The van der Waals surface area contributed by atoms with Crippen molar-refractivity contribution in [3.05, 3.63) is 12.2 Å². The summed E-state index contributed by atoms with van der Waals surface area (Å²) in [4.78, 5) is 31.9. The normalized spacial score (nSPS) is 46.8. The molecule has 5 saturated carbocycles. The highest BCUT2D eigenvalue weighted by molar-refractivity contribution is 5.85. The van der Waals surface area contributed by atoms with Crippen LogP contribution in [0.3, 0.4) is 0 Å². The Labute approximate surface area is 371 Å². The topological polar surface area (TPSA) is 83.1 Å². The molecule has 11 rings (SSSR count). The number of rotatable bonds is 10. The largest absolute Gasteiger partial charge is 0.449 e. The lowest BCUT2D eigenvalue weighted by Crippen LogP contribution is -2.68. The van der Waals surface area contributed by atoms with E-state index >= 15 is 0 Å². The molecule has 2 N–H and O–H groups in total. The van der Waals surface area contributed by atoms with E-state index < -0.39 is 0 Å². The quantitative estimate of drug-likeness (QED) is 0.173. The zero-order chi connectivity index (χ0) is 40.8. The van der Waals surface area contributed by atoms with Gasteiger partial charge in [0.1, 0.15) is 6.10 Å². The highest BCUT2D eigenvalue weighted by Crippen LogP contribution is 2.77. The minimum absolute atomic E-state index is 0. The second-order valence-corrected chi connectivity index (χ2v) is 23.4. The Kier molecular flexibility index (Phi) is 13.0. The van der Waals surface area contributed by atoms with Crippen LogP contribution in [0.1, 0.15) is 113 Å². The third-order valence-electron chi connectivity index (χ3n) is 21.0. The first-order valence-electron chi connectivity index (χ1n) is 24.2. The summed E-state index contributed by atoms with van der Waals surface area (Å²) in [6, 6.07) is 0. The van der Waals surface area contributed by atoms with Crippen molar-refractivity contribution in [1.82, 2.24) is 20.4 Å². The average Bonchev–Trinajstić information content (AvgIpc) is 3.60. The average molecular weight is 860 g/mol. The molecule has 6 heterocycles. The van der Waals surface area contributed by atoms with E-state index in [0.717, 1.165) is 47.7 Å². The molecule has 4 unspecified atom stereocenters. The van der Waals surface area contributed by atoms with Crippen molar-refractivity contribution in [2.45, 2.75) is 119 Å². The maximum atomic E-state index is 13.4. The molecule has 10 nitrogen and oxygen atoms in total. The van der Waals surface area contributed by atoms with Crippen LogP contribution < -0.4 is 10.6 Å². The predicted molar refractivity (Wildman–Crippen MR) is 243 cm³/mol. The molecule has 0 aromatic carbocycles. The van der Waals surface area contributed by atoms with E-state index in [1.165, 1.54) is 123 Å². The lowest BCUT2D eigenvalue weighted by atomic mass is 9.32. The first kappa shape index (κ1) is 46.4. The highest BCUT2D eigenvalue weighted by Gasteiger charge is 2.71. The van der Waals surface area contributed by atoms with Gasteiger partial charge in [0, 0.05) is 50.1 Å². The minimum Gasteiger partial charge on any atom is -0.449 e. The van der Waals surface area contributed by atoms with Gasteiger partial charge in [0.15, 0.2) is 0 Å². The highest BCUT2D eigenvalue weighted by atomic mass is 35.5. The Morgan fingerprint density at radius 2 is 1.25 bits per heavy atom. The fraction of sp³-hybridized carbons (Fsp3) is 0.918. The number of carbonyl (C=O) groups is 2. The number of quaternary nitrogens is 2. The Bertz CT molecular complexity index is 1570. The minimum atomic E-state index is -0.209. The first-order chi connectivity index (χ1) is 27.6. The Hall–Kier alpha value is -1.59. The molecule has 342 valence electrons. The van der Waals surface area contributed by atoms with Gasteiger partial charge in [-0.3, -0.25) is 9.80 Å². The number of carbonyl (C=O) groups excluding carboxylic acids is 2. The van der Waals surface area contributed by atoms with Gasteiger partial charge in [-0.05, 0) is 117 Å². The number of hydrogen-bond acceptors (Lipinski definition) is 6. The third-order valence-corrected chi connectivity index (χ3v) is 21.0. The van der Waals surface area contributed by atoms with Crippen LogP contribution in [0.4, 0.5) is 9.59 Å². The monoisotopic (exact) mass is 859 g/mol. The molecule has 4 bridgehead atoms. The molecule has 2 amide bonds. The van der Waals surface area contributed by atoms with E-state index in [-0.39, 0.29) is 65.2 Å². The maximum Gasteiger partial charge on any atom is 0.407 e. The predicted octanol–water partition coefficient (Wildman–Crippen LogP) is 7.81. The first-order valence-corrected chi connectivity index (χ1v) is 24.2. The molecule has 11 heteroatoms. The van der Waals surface area contributed by atoms with E-state index in [2.05, 4.69) is 68.6 Å². The summed E-state index contributed by atoms with van der Waals surface area (Å²) in [5, 5.41) is 6.40. The maximum absolute atomic E-state index is 13.4. The van der Waals surface area contributed by atoms with Crippen molar-refractivity contribution in [1.29, 1.82) is 0 Å². The van der Waals surface area contributed by atoms with E-state index in [1.54, 1.807) is 0 Å². The van der Waals surface area contributed by atoms with Crippen LogP contribution in [0.5, 0.6) is 0 Å². The van der Waals surface area contributed by atoms with Crippen LogP contribution in [0.2, 0.25) is 0 Å². The molecular formula is C49H87ClN6O4+2. The number of nitrogens with one attached hydrogen (secondary N) is 2. The Morgan fingerprint density at radius 1 is 0.683 bits per heavy atom. The van der Waals surface area contributed by atoms with Crippen molar-refractivity contribution < 1.29 is 28.0 Å².